The number of aliphatic hydroxyl groups is 1. The highest BCUT2D eigenvalue weighted by Crippen LogP contribution is 2.33. The minimum Gasteiger partial charge on any atom is -0.390 e. The molecule has 0 aliphatic heterocycles. The van der Waals surface area contributed by atoms with Crippen LogP contribution in [0.4, 0.5) is 14.5 Å². The largest absolute Gasteiger partial charge is 0.390 e. The molecule has 2 aromatic carbocycles. The predicted molar refractivity (Wildman–Crippen MR) is 121 cm³/mol. The average molecular weight is 483 g/mol. The first-order valence-corrected chi connectivity index (χ1v) is 10.7. The van der Waals surface area contributed by atoms with Gasteiger partial charge in [-0.05, 0) is 53.6 Å². The molecule has 0 spiro atoms. The molecule has 1 aliphatic carbocycles. The van der Waals surface area contributed by atoms with Crippen LogP contribution < -0.4 is 10.6 Å². The summed E-state index contributed by atoms with van der Waals surface area (Å²) < 4.78 is 29.3. The summed E-state index contributed by atoms with van der Waals surface area (Å²) in [4.78, 5) is 29.6. The Kier molecular flexibility index (Phi) is 5.51. The fraction of sp³-hybridized carbons (Fsp3) is 0.125. The third kappa shape index (κ3) is 4.00. The lowest BCUT2D eigenvalue weighted by Gasteiger charge is -2.18. The zero-order valence-corrected chi connectivity index (χ0v) is 18.2. The van der Waals surface area contributed by atoms with Crippen LogP contribution in [0.3, 0.4) is 0 Å². The summed E-state index contributed by atoms with van der Waals surface area (Å²) in [6, 6.07) is 10.6. The van der Waals surface area contributed by atoms with Crippen LogP contribution in [-0.2, 0) is 6.42 Å². The number of aliphatic hydroxyl groups excluding tert-OH is 1. The van der Waals surface area contributed by atoms with Crippen molar-refractivity contribution in [3.63, 3.8) is 0 Å². The molecule has 0 saturated carbocycles. The van der Waals surface area contributed by atoms with E-state index < -0.39 is 35.6 Å². The van der Waals surface area contributed by atoms with Crippen LogP contribution in [0.25, 0.3) is 5.65 Å². The van der Waals surface area contributed by atoms with Crippen LogP contribution in [-0.4, -0.2) is 32.4 Å². The zero-order chi connectivity index (χ0) is 24.0. The number of aromatic nitrogens is 2. The molecule has 2 heterocycles. The zero-order valence-electron chi connectivity index (χ0n) is 17.4. The first kappa shape index (κ1) is 22.0. The third-order valence-electron chi connectivity index (χ3n) is 5.72. The quantitative estimate of drug-likeness (QED) is 0.411. The summed E-state index contributed by atoms with van der Waals surface area (Å²) in [7, 11) is 0. The minimum atomic E-state index is -0.840. The van der Waals surface area contributed by atoms with E-state index in [9.17, 15) is 23.5 Å². The van der Waals surface area contributed by atoms with Crippen LogP contribution >= 0.6 is 11.6 Å². The van der Waals surface area contributed by atoms with Crippen molar-refractivity contribution in [3.05, 3.63) is 100.0 Å². The van der Waals surface area contributed by atoms with E-state index >= 15 is 0 Å². The summed E-state index contributed by atoms with van der Waals surface area (Å²) in [6.07, 6.45) is 1.85. The summed E-state index contributed by atoms with van der Waals surface area (Å²) in [5.41, 5.74) is 1.76. The molecular weight excluding hydrogens is 466 g/mol. The lowest BCUT2D eigenvalue weighted by molar-refractivity contribution is 0.0857. The molecule has 172 valence electrons. The number of benzene rings is 2. The first-order chi connectivity index (χ1) is 16.3. The minimum absolute atomic E-state index is 0.00804. The summed E-state index contributed by atoms with van der Waals surface area (Å²) in [5.74, 6) is -2.63. The van der Waals surface area contributed by atoms with Gasteiger partial charge in [-0.2, -0.15) is 0 Å². The van der Waals surface area contributed by atoms with Crippen molar-refractivity contribution in [1.82, 2.24) is 14.7 Å². The smallest absolute Gasteiger partial charge is 0.274 e. The number of nitrogens with one attached hydrogen (secondary N) is 2. The number of imidazole rings is 1. The fourth-order valence-electron chi connectivity index (χ4n) is 4.06. The van der Waals surface area contributed by atoms with Gasteiger partial charge in [0.25, 0.3) is 11.8 Å². The Labute approximate surface area is 197 Å². The molecule has 7 nitrogen and oxygen atoms in total. The molecule has 10 heteroatoms. The van der Waals surface area contributed by atoms with E-state index in [4.69, 9.17) is 11.6 Å². The van der Waals surface area contributed by atoms with E-state index in [0.717, 1.165) is 17.8 Å². The van der Waals surface area contributed by atoms with Crippen LogP contribution in [0.15, 0.2) is 60.9 Å². The van der Waals surface area contributed by atoms with Crippen LogP contribution in [0, 0.1) is 11.6 Å². The first-order valence-electron chi connectivity index (χ1n) is 10.3. The fourth-order valence-corrected chi connectivity index (χ4v) is 4.24. The number of nitrogens with zero attached hydrogens (tertiary/aromatic N) is 2. The number of pyridine rings is 1. The van der Waals surface area contributed by atoms with Crippen molar-refractivity contribution in [1.29, 1.82) is 0 Å². The van der Waals surface area contributed by atoms with Gasteiger partial charge in [0.05, 0.1) is 24.0 Å². The Bertz CT molecular complexity index is 1460. The van der Waals surface area contributed by atoms with Crippen molar-refractivity contribution in [3.8, 4) is 0 Å². The SMILES string of the molecule is O=C(N[C@H]1c2cc(Cl)ccc2C[C@H]1O)c1ccc(F)c(NC(=O)c2cnc3ccc(F)cn23)c1. The Morgan fingerprint density at radius 3 is 2.74 bits per heavy atom. The van der Waals surface area contributed by atoms with Crippen LogP contribution in [0.5, 0.6) is 0 Å². The van der Waals surface area contributed by atoms with Gasteiger partial charge in [-0.3, -0.25) is 14.0 Å². The predicted octanol–water partition coefficient (Wildman–Crippen LogP) is 3.91. The van der Waals surface area contributed by atoms with Gasteiger partial charge in [0.15, 0.2) is 0 Å². The molecule has 2 amide bonds. The number of anilines is 1. The maximum Gasteiger partial charge on any atom is 0.274 e. The lowest BCUT2D eigenvalue weighted by atomic mass is 10.1. The number of fused-ring (bicyclic) bond motifs is 2. The number of rotatable bonds is 4. The number of carbonyl (C=O) groups excluding carboxylic acids is 2. The van der Waals surface area contributed by atoms with E-state index in [-0.39, 0.29) is 16.9 Å². The maximum absolute atomic E-state index is 14.4. The average Bonchev–Trinajstić information content (AvgIpc) is 3.35. The van der Waals surface area contributed by atoms with Crippen molar-refractivity contribution in [2.24, 2.45) is 0 Å². The molecule has 0 radical (unpaired) electrons. The summed E-state index contributed by atoms with van der Waals surface area (Å²) in [6.45, 7) is 0. The highest BCUT2D eigenvalue weighted by Gasteiger charge is 2.32. The molecule has 0 bridgehead atoms. The topological polar surface area (TPSA) is 95.7 Å². The molecule has 0 fully saturated rings. The van der Waals surface area contributed by atoms with Gasteiger partial charge in [-0.15, -0.1) is 0 Å². The standard InChI is InChI=1S/C24H17ClF2N4O3/c25-14-3-1-12-8-20(32)22(16(12)9-14)30-23(33)13-2-5-17(27)18(7-13)29-24(34)19-10-28-21-6-4-15(26)11-31(19)21/h1-7,9-11,20,22,32H,8H2,(H,29,34)(H,30,33)/t20-,22+/m1/s1. The molecule has 1 aliphatic rings. The number of amides is 2. The highest BCUT2D eigenvalue weighted by atomic mass is 35.5. The normalized spacial score (nSPS) is 16.9. The molecule has 4 aromatic rings. The molecule has 5 rings (SSSR count). The van der Waals surface area contributed by atoms with Crippen LogP contribution in [0.2, 0.25) is 5.02 Å². The van der Waals surface area contributed by atoms with Gasteiger partial charge in [-0.1, -0.05) is 17.7 Å². The van der Waals surface area contributed by atoms with Gasteiger partial charge >= 0.3 is 0 Å². The number of hydrogen-bond donors (Lipinski definition) is 3. The number of carbonyl (C=O) groups is 2. The Hall–Kier alpha value is -3.82. The molecule has 34 heavy (non-hydrogen) atoms. The second-order valence-corrected chi connectivity index (χ2v) is 8.37. The van der Waals surface area contributed by atoms with Crippen molar-refractivity contribution >= 4 is 34.7 Å². The number of halogens is 3. The van der Waals surface area contributed by atoms with E-state index in [0.29, 0.717) is 22.7 Å². The van der Waals surface area contributed by atoms with Crippen molar-refractivity contribution in [2.45, 2.75) is 18.6 Å². The Balaban J connectivity index is 1.38. The van der Waals surface area contributed by atoms with Crippen molar-refractivity contribution in [2.75, 3.05) is 5.32 Å². The van der Waals surface area contributed by atoms with Gasteiger partial charge in [0.2, 0.25) is 0 Å². The molecule has 3 N–H and O–H groups in total. The second-order valence-electron chi connectivity index (χ2n) is 7.93. The van der Waals surface area contributed by atoms with Gasteiger partial charge in [0, 0.05) is 23.2 Å². The lowest BCUT2D eigenvalue weighted by Crippen LogP contribution is -2.34. The highest BCUT2D eigenvalue weighted by molar-refractivity contribution is 6.30. The van der Waals surface area contributed by atoms with Crippen LogP contribution in [0.1, 0.15) is 38.0 Å². The maximum atomic E-state index is 14.4. The van der Waals surface area contributed by atoms with Gasteiger partial charge in [0.1, 0.15) is 23.0 Å². The Morgan fingerprint density at radius 2 is 1.91 bits per heavy atom. The molecule has 2 aromatic heterocycles. The second kappa shape index (κ2) is 8.51. The van der Waals surface area contributed by atoms with E-state index in [1.165, 1.54) is 34.9 Å². The third-order valence-corrected chi connectivity index (χ3v) is 5.96. The molecular formula is C24H17ClF2N4O3. The number of hydrogen-bond acceptors (Lipinski definition) is 4. The summed E-state index contributed by atoms with van der Waals surface area (Å²) in [5, 5.41) is 16.0. The van der Waals surface area contributed by atoms with E-state index in [1.54, 1.807) is 18.2 Å². The van der Waals surface area contributed by atoms with Gasteiger partial charge < -0.3 is 15.7 Å². The molecule has 2 atom stereocenters. The molecule has 0 saturated heterocycles. The van der Waals surface area contributed by atoms with Gasteiger partial charge in [-0.25, -0.2) is 13.8 Å². The Morgan fingerprint density at radius 1 is 1.09 bits per heavy atom. The molecule has 0 unspecified atom stereocenters. The monoisotopic (exact) mass is 482 g/mol. The van der Waals surface area contributed by atoms with E-state index in [1.807, 2.05) is 0 Å². The summed E-state index contributed by atoms with van der Waals surface area (Å²) >= 11 is 6.06. The van der Waals surface area contributed by atoms with Crippen molar-refractivity contribution < 1.29 is 23.5 Å². The van der Waals surface area contributed by atoms with E-state index in [2.05, 4.69) is 15.6 Å².